The summed E-state index contributed by atoms with van der Waals surface area (Å²) in [7, 11) is 0. The van der Waals surface area contributed by atoms with Crippen molar-refractivity contribution < 1.29 is 39.0 Å². The largest absolute Gasteiger partial charge is 0.481 e. The molecular formula is C33H63N5O8. The molecule has 0 saturated carbocycles. The van der Waals surface area contributed by atoms with Crippen LogP contribution in [0.4, 0.5) is 0 Å². The van der Waals surface area contributed by atoms with Gasteiger partial charge in [0.05, 0.1) is 18.6 Å². The van der Waals surface area contributed by atoms with E-state index in [1.807, 2.05) is 34.6 Å². The van der Waals surface area contributed by atoms with Gasteiger partial charge >= 0.3 is 5.97 Å². The molecule has 13 nitrogen and oxygen atoms in total. The highest BCUT2D eigenvalue weighted by Crippen LogP contribution is 2.14. The number of hydrogen-bond donors (Lipinski definition) is 7. The first kappa shape index (κ1) is 44.9. The zero-order valence-electron chi connectivity index (χ0n) is 28.4. The molecule has 0 aliphatic heterocycles. The lowest BCUT2D eigenvalue weighted by atomic mass is 9.95. The van der Waals surface area contributed by atoms with E-state index in [2.05, 4.69) is 26.6 Å². The molecular weight excluding hydrogens is 594 g/mol. The maximum Gasteiger partial charge on any atom is 0.303 e. The molecule has 0 radical (unpaired) electrons. The number of rotatable bonds is 24. The molecule has 0 aromatic carbocycles. The van der Waals surface area contributed by atoms with E-state index < -0.39 is 59.9 Å². The molecule has 5 amide bonds. The highest BCUT2D eigenvalue weighted by molar-refractivity contribution is 5.92. The Morgan fingerprint density at radius 2 is 1.33 bits per heavy atom. The number of nitrogens with one attached hydrogen (secondary N) is 5. The first-order valence-electron chi connectivity index (χ1n) is 16.6. The first-order valence-corrected chi connectivity index (χ1v) is 16.6. The predicted molar refractivity (Wildman–Crippen MR) is 179 cm³/mol. The number of aliphatic carboxylic acids is 1. The number of carbonyl (C=O) groups is 6. The summed E-state index contributed by atoms with van der Waals surface area (Å²) in [4.78, 5) is 75.3. The standard InChI is InChI=1S/C32H59N5O8.CH4/c1-8-12-15-23(30(43)33-11-4)34-27(40)19-25(38)24(18-20(5)6)36-31(44)22(14-9-2)35-32(45)29(21(7)10-3)37-26(39)16-13-17-28(41)42;/h20-25,29,38H,8-19H2,1-7H3,(H,33,43)(H,34,40)(H,35,45)(H,36,44)(H,37,39)(H,41,42);1H4/t21-,22-,23-,24-,25-,29-;/m0./s1. The Kier molecular flexibility index (Phi) is 24.3. The van der Waals surface area contributed by atoms with Gasteiger partial charge in [0.25, 0.3) is 0 Å². The number of amides is 5. The molecule has 0 heterocycles. The summed E-state index contributed by atoms with van der Waals surface area (Å²) in [6.07, 6.45) is 2.23. The van der Waals surface area contributed by atoms with Gasteiger partial charge in [-0.15, -0.1) is 0 Å². The van der Waals surface area contributed by atoms with Crippen molar-refractivity contribution in [2.45, 2.75) is 157 Å². The predicted octanol–water partition coefficient (Wildman–Crippen LogP) is 2.79. The van der Waals surface area contributed by atoms with Crippen molar-refractivity contribution in [3.8, 4) is 0 Å². The van der Waals surface area contributed by atoms with Crippen LogP contribution in [-0.4, -0.2) is 82.5 Å². The third kappa shape index (κ3) is 18.7. The Morgan fingerprint density at radius 1 is 0.696 bits per heavy atom. The minimum absolute atomic E-state index is 0. The monoisotopic (exact) mass is 657 g/mol. The smallest absolute Gasteiger partial charge is 0.303 e. The zero-order valence-corrected chi connectivity index (χ0v) is 28.4. The summed E-state index contributed by atoms with van der Waals surface area (Å²) in [5.74, 6) is -3.50. The number of carboxylic acid groups (broad SMARTS) is 1. The van der Waals surface area contributed by atoms with Crippen LogP contribution in [0.3, 0.4) is 0 Å². The summed E-state index contributed by atoms with van der Waals surface area (Å²) in [5.41, 5.74) is 0. The summed E-state index contributed by atoms with van der Waals surface area (Å²) < 4.78 is 0. The molecule has 0 unspecified atom stereocenters. The SMILES string of the molecule is C.CCCC[C@H](NC(=O)C[C@H](O)[C@H](CC(C)C)NC(=O)[C@H](CCC)NC(=O)[C@@H](NC(=O)CCCC(=O)O)[C@@H](C)CC)C(=O)NCC. The number of unbranched alkanes of at least 4 members (excludes halogenated alkanes) is 1. The van der Waals surface area contributed by atoms with E-state index in [1.165, 1.54) is 0 Å². The van der Waals surface area contributed by atoms with Gasteiger partial charge in [-0.3, -0.25) is 28.8 Å². The maximum absolute atomic E-state index is 13.5. The van der Waals surface area contributed by atoms with Crippen molar-refractivity contribution in [3.05, 3.63) is 0 Å². The first-order chi connectivity index (χ1) is 21.2. The highest BCUT2D eigenvalue weighted by Gasteiger charge is 2.32. The molecule has 0 bridgehead atoms. The number of hydrogen-bond acceptors (Lipinski definition) is 7. The van der Waals surface area contributed by atoms with Crippen LogP contribution in [0.5, 0.6) is 0 Å². The van der Waals surface area contributed by atoms with Crippen LogP contribution in [0.1, 0.15) is 127 Å². The van der Waals surface area contributed by atoms with Crippen molar-refractivity contribution >= 4 is 35.5 Å². The molecule has 7 N–H and O–H groups in total. The van der Waals surface area contributed by atoms with Gasteiger partial charge in [0.1, 0.15) is 18.1 Å². The molecule has 0 saturated heterocycles. The maximum atomic E-state index is 13.5. The minimum Gasteiger partial charge on any atom is -0.481 e. The summed E-state index contributed by atoms with van der Waals surface area (Å²) in [6, 6.07) is -3.39. The van der Waals surface area contributed by atoms with Crippen molar-refractivity contribution in [3.63, 3.8) is 0 Å². The third-order valence-electron chi connectivity index (χ3n) is 7.58. The van der Waals surface area contributed by atoms with E-state index in [0.29, 0.717) is 38.6 Å². The molecule has 46 heavy (non-hydrogen) atoms. The quantitative estimate of drug-likeness (QED) is 0.0821. The lowest BCUT2D eigenvalue weighted by Gasteiger charge is -2.30. The highest BCUT2D eigenvalue weighted by atomic mass is 16.4. The number of carboxylic acids is 1. The molecule has 0 fully saturated rings. The van der Waals surface area contributed by atoms with Gasteiger partial charge in [0.15, 0.2) is 0 Å². The summed E-state index contributed by atoms with van der Waals surface area (Å²) in [6.45, 7) is 13.6. The van der Waals surface area contributed by atoms with E-state index in [0.717, 1.165) is 12.8 Å². The van der Waals surface area contributed by atoms with Crippen LogP contribution in [-0.2, 0) is 28.8 Å². The second kappa shape index (κ2) is 24.9. The summed E-state index contributed by atoms with van der Waals surface area (Å²) in [5, 5.41) is 33.6. The average molecular weight is 658 g/mol. The average Bonchev–Trinajstić information content (AvgIpc) is 2.96. The Bertz CT molecular complexity index is 945. The Morgan fingerprint density at radius 3 is 1.85 bits per heavy atom. The third-order valence-corrected chi connectivity index (χ3v) is 7.58. The van der Waals surface area contributed by atoms with Crippen LogP contribution in [0.25, 0.3) is 0 Å². The Labute approximate surface area is 276 Å². The van der Waals surface area contributed by atoms with Crippen molar-refractivity contribution in [2.75, 3.05) is 6.54 Å². The molecule has 0 aromatic rings. The Balaban J connectivity index is 0. The van der Waals surface area contributed by atoms with Crippen molar-refractivity contribution in [1.29, 1.82) is 0 Å². The molecule has 0 aromatic heterocycles. The number of aliphatic hydroxyl groups excluding tert-OH is 1. The number of likely N-dealkylation sites (N-methyl/N-ethyl adjacent to an activating group) is 1. The number of aliphatic hydroxyl groups is 1. The lowest BCUT2D eigenvalue weighted by molar-refractivity contribution is -0.137. The normalized spacial score (nSPS) is 14.8. The molecule has 0 spiro atoms. The zero-order chi connectivity index (χ0) is 34.5. The molecule has 268 valence electrons. The van der Waals surface area contributed by atoms with Gasteiger partial charge in [-0.05, 0) is 44.4 Å². The van der Waals surface area contributed by atoms with E-state index in [9.17, 15) is 33.9 Å². The lowest BCUT2D eigenvalue weighted by Crippen LogP contribution is -2.57. The van der Waals surface area contributed by atoms with Crippen LogP contribution in [0.15, 0.2) is 0 Å². The second-order valence-corrected chi connectivity index (χ2v) is 12.2. The van der Waals surface area contributed by atoms with E-state index in [4.69, 9.17) is 5.11 Å². The van der Waals surface area contributed by atoms with Crippen LogP contribution < -0.4 is 26.6 Å². The van der Waals surface area contributed by atoms with Crippen molar-refractivity contribution in [1.82, 2.24) is 26.6 Å². The minimum atomic E-state index is -1.24. The fourth-order valence-electron chi connectivity index (χ4n) is 4.83. The fraction of sp³-hybridized carbons (Fsp3) is 0.818. The van der Waals surface area contributed by atoms with Crippen molar-refractivity contribution in [2.24, 2.45) is 11.8 Å². The molecule has 0 rings (SSSR count). The van der Waals surface area contributed by atoms with Gasteiger partial charge in [-0.25, -0.2) is 0 Å². The fourth-order valence-corrected chi connectivity index (χ4v) is 4.83. The molecule has 6 atom stereocenters. The molecule has 13 heteroatoms. The van der Waals surface area contributed by atoms with Crippen LogP contribution in [0, 0.1) is 11.8 Å². The summed E-state index contributed by atoms with van der Waals surface area (Å²) >= 11 is 0. The molecule has 0 aliphatic rings. The van der Waals surface area contributed by atoms with E-state index in [1.54, 1.807) is 13.8 Å². The Hall–Kier alpha value is -3.22. The van der Waals surface area contributed by atoms with Gasteiger partial charge < -0.3 is 36.8 Å². The topological polar surface area (TPSA) is 203 Å². The number of carbonyl (C=O) groups excluding carboxylic acids is 5. The van der Waals surface area contributed by atoms with Crippen LogP contribution in [0.2, 0.25) is 0 Å². The van der Waals surface area contributed by atoms with E-state index >= 15 is 0 Å². The van der Waals surface area contributed by atoms with Gasteiger partial charge in [-0.1, -0.05) is 74.7 Å². The second-order valence-electron chi connectivity index (χ2n) is 12.2. The van der Waals surface area contributed by atoms with Gasteiger partial charge in [0, 0.05) is 19.4 Å². The van der Waals surface area contributed by atoms with E-state index in [-0.39, 0.29) is 50.9 Å². The van der Waals surface area contributed by atoms with Gasteiger partial charge in [0.2, 0.25) is 29.5 Å². The molecule has 0 aliphatic carbocycles. The van der Waals surface area contributed by atoms with Crippen LogP contribution >= 0.6 is 0 Å². The van der Waals surface area contributed by atoms with Gasteiger partial charge in [-0.2, -0.15) is 0 Å².